The average Bonchev–Trinajstić information content (AvgIpc) is 3.00. The number of hydrogen-bond donors (Lipinski definition) is 2. The van der Waals surface area contributed by atoms with E-state index in [1.165, 1.54) is 57.8 Å². The molecule has 0 aromatic heterocycles. The first-order valence-corrected chi connectivity index (χ1v) is 13.0. The summed E-state index contributed by atoms with van der Waals surface area (Å²) in [5, 5.41) is 21.4. The Morgan fingerprint density at radius 2 is 1.62 bits per heavy atom. The lowest BCUT2D eigenvalue weighted by Gasteiger charge is -2.62. The molecule has 4 saturated carbocycles. The van der Waals surface area contributed by atoms with E-state index in [2.05, 4.69) is 34.6 Å². The quantitative estimate of drug-likeness (QED) is 0.553. The molecular weight excluding hydrogens is 356 g/mol. The summed E-state index contributed by atoms with van der Waals surface area (Å²) in [6.45, 7) is 12.3. The molecular formula is C27H48O2. The van der Waals surface area contributed by atoms with E-state index in [1.807, 2.05) is 0 Å². The fraction of sp³-hybridized carbons (Fsp3) is 1.00. The number of rotatable bonds is 5. The summed E-state index contributed by atoms with van der Waals surface area (Å²) >= 11 is 0. The van der Waals surface area contributed by atoms with E-state index in [4.69, 9.17) is 0 Å². The Balaban J connectivity index is 1.49. The summed E-state index contributed by atoms with van der Waals surface area (Å²) in [5.74, 6) is 5.49. The molecule has 0 aliphatic heterocycles. The summed E-state index contributed by atoms with van der Waals surface area (Å²) in [4.78, 5) is 0. The Labute approximate surface area is 180 Å². The largest absolute Gasteiger partial charge is 0.393 e. The molecule has 4 aliphatic rings. The van der Waals surface area contributed by atoms with Gasteiger partial charge in [0.2, 0.25) is 0 Å². The molecule has 2 heteroatoms. The smallest absolute Gasteiger partial charge is 0.0623 e. The van der Waals surface area contributed by atoms with Crippen LogP contribution in [0.15, 0.2) is 0 Å². The van der Waals surface area contributed by atoms with E-state index in [-0.39, 0.29) is 17.6 Å². The molecule has 0 aromatic rings. The molecule has 2 N–H and O–H groups in total. The van der Waals surface area contributed by atoms with Gasteiger partial charge in [0, 0.05) is 0 Å². The van der Waals surface area contributed by atoms with Crippen molar-refractivity contribution < 1.29 is 10.2 Å². The van der Waals surface area contributed by atoms with Gasteiger partial charge < -0.3 is 10.2 Å². The van der Waals surface area contributed by atoms with Crippen LogP contribution in [0, 0.1) is 52.3 Å². The van der Waals surface area contributed by atoms with E-state index in [1.54, 1.807) is 0 Å². The van der Waals surface area contributed by atoms with Crippen LogP contribution in [0.3, 0.4) is 0 Å². The van der Waals surface area contributed by atoms with Crippen LogP contribution in [-0.2, 0) is 0 Å². The normalized spacial score (nSPS) is 50.7. The van der Waals surface area contributed by atoms with Crippen molar-refractivity contribution in [2.45, 2.75) is 117 Å². The van der Waals surface area contributed by atoms with E-state index >= 15 is 0 Å². The second-order valence-corrected chi connectivity index (χ2v) is 12.7. The Morgan fingerprint density at radius 1 is 0.862 bits per heavy atom. The molecule has 2 nitrogen and oxygen atoms in total. The number of aliphatic hydroxyl groups excluding tert-OH is 2. The predicted octanol–water partition coefficient (Wildman–Crippen LogP) is 6.44. The third kappa shape index (κ3) is 3.63. The highest BCUT2D eigenvalue weighted by Crippen LogP contribution is 2.68. The molecule has 168 valence electrons. The zero-order valence-electron chi connectivity index (χ0n) is 19.9. The molecule has 0 radical (unpaired) electrons. The Hall–Kier alpha value is -0.0800. The first kappa shape index (κ1) is 22.1. The lowest BCUT2D eigenvalue weighted by molar-refractivity contribution is -0.182. The molecule has 10 atom stereocenters. The molecule has 4 aliphatic carbocycles. The van der Waals surface area contributed by atoms with Crippen LogP contribution in [0.4, 0.5) is 0 Å². The van der Waals surface area contributed by atoms with Gasteiger partial charge in [0.05, 0.1) is 12.2 Å². The van der Waals surface area contributed by atoms with E-state index in [9.17, 15) is 10.2 Å². The Bertz CT molecular complexity index is 573. The first-order chi connectivity index (χ1) is 13.7. The maximum atomic E-state index is 11.1. The molecule has 0 spiro atoms. The minimum absolute atomic E-state index is 0.0461. The second-order valence-electron chi connectivity index (χ2n) is 12.7. The van der Waals surface area contributed by atoms with Crippen LogP contribution >= 0.6 is 0 Å². The van der Waals surface area contributed by atoms with E-state index in [0.29, 0.717) is 23.7 Å². The standard InChI is InChI=1S/C27H48O2/c1-17(2)7-6-8-18(3)22-11-12-23-21-10-9-19-15-20(28)16-25(29)27(19,5)24(21)13-14-26(22,23)4/h17-25,28-29H,6-16H2,1-5H3/t18-,19?,20?,21+,22-,23+,24+,25?,26-,27+/m1/s1. The zero-order valence-corrected chi connectivity index (χ0v) is 19.9. The Morgan fingerprint density at radius 3 is 2.34 bits per heavy atom. The van der Waals surface area contributed by atoms with Crippen molar-refractivity contribution in [1.29, 1.82) is 0 Å². The molecule has 4 fully saturated rings. The lowest BCUT2D eigenvalue weighted by Crippen LogP contribution is -2.59. The minimum atomic E-state index is -0.305. The SMILES string of the molecule is CC(C)CCC[C@@H](C)[C@H]1CC[C@H]2[C@@H]3CCC4CC(O)CC(O)[C@]4(C)[C@H]3CC[C@]12C. The number of aliphatic hydroxyl groups is 2. The molecule has 3 unspecified atom stereocenters. The third-order valence-corrected chi connectivity index (χ3v) is 10.9. The highest BCUT2D eigenvalue weighted by molar-refractivity contribution is 5.11. The molecule has 0 bridgehead atoms. The van der Waals surface area contributed by atoms with Crippen molar-refractivity contribution >= 4 is 0 Å². The van der Waals surface area contributed by atoms with Crippen molar-refractivity contribution in [3.05, 3.63) is 0 Å². The number of fused-ring (bicyclic) bond motifs is 5. The van der Waals surface area contributed by atoms with Crippen LogP contribution in [0.5, 0.6) is 0 Å². The monoisotopic (exact) mass is 404 g/mol. The molecule has 0 aromatic carbocycles. The van der Waals surface area contributed by atoms with Crippen molar-refractivity contribution in [1.82, 2.24) is 0 Å². The van der Waals surface area contributed by atoms with Crippen LogP contribution < -0.4 is 0 Å². The Kier molecular flexibility index (Phi) is 6.19. The predicted molar refractivity (Wildman–Crippen MR) is 120 cm³/mol. The summed E-state index contributed by atoms with van der Waals surface area (Å²) in [6.07, 6.45) is 13.3. The molecule has 4 rings (SSSR count). The van der Waals surface area contributed by atoms with Gasteiger partial charge in [-0.05, 0) is 104 Å². The second kappa shape index (κ2) is 8.12. The van der Waals surface area contributed by atoms with Crippen molar-refractivity contribution in [2.24, 2.45) is 52.3 Å². The summed E-state index contributed by atoms with van der Waals surface area (Å²) in [7, 11) is 0. The fourth-order valence-corrected chi connectivity index (χ4v) is 9.32. The van der Waals surface area contributed by atoms with Crippen molar-refractivity contribution in [3.63, 3.8) is 0 Å². The summed E-state index contributed by atoms with van der Waals surface area (Å²) < 4.78 is 0. The van der Waals surface area contributed by atoms with Gasteiger partial charge >= 0.3 is 0 Å². The first-order valence-electron chi connectivity index (χ1n) is 13.0. The molecule has 29 heavy (non-hydrogen) atoms. The van der Waals surface area contributed by atoms with Crippen molar-refractivity contribution in [3.8, 4) is 0 Å². The lowest BCUT2D eigenvalue weighted by atomic mass is 9.43. The van der Waals surface area contributed by atoms with Gasteiger partial charge in [-0.2, -0.15) is 0 Å². The van der Waals surface area contributed by atoms with Gasteiger partial charge in [0.1, 0.15) is 0 Å². The van der Waals surface area contributed by atoms with Gasteiger partial charge in [-0.3, -0.25) is 0 Å². The molecule has 0 heterocycles. The van der Waals surface area contributed by atoms with Gasteiger partial charge in [-0.25, -0.2) is 0 Å². The zero-order chi connectivity index (χ0) is 21.0. The molecule has 0 amide bonds. The minimum Gasteiger partial charge on any atom is -0.393 e. The maximum absolute atomic E-state index is 11.1. The van der Waals surface area contributed by atoms with Gasteiger partial charge in [-0.15, -0.1) is 0 Å². The summed E-state index contributed by atoms with van der Waals surface area (Å²) in [6, 6.07) is 0. The van der Waals surface area contributed by atoms with Gasteiger partial charge in [0.25, 0.3) is 0 Å². The van der Waals surface area contributed by atoms with E-state index < -0.39 is 0 Å². The summed E-state index contributed by atoms with van der Waals surface area (Å²) in [5.41, 5.74) is 0.575. The van der Waals surface area contributed by atoms with Crippen LogP contribution in [0.1, 0.15) is 105 Å². The highest BCUT2D eigenvalue weighted by Gasteiger charge is 2.62. The topological polar surface area (TPSA) is 40.5 Å². The van der Waals surface area contributed by atoms with Gasteiger partial charge in [0.15, 0.2) is 0 Å². The van der Waals surface area contributed by atoms with E-state index in [0.717, 1.165) is 36.0 Å². The fourth-order valence-electron chi connectivity index (χ4n) is 9.32. The highest BCUT2D eigenvalue weighted by atomic mass is 16.3. The average molecular weight is 405 g/mol. The maximum Gasteiger partial charge on any atom is 0.0623 e. The van der Waals surface area contributed by atoms with Crippen LogP contribution in [-0.4, -0.2) is 22.4 Å². The van der Waals surface area contributed by atoms with Gasteiger partial charge in [-0.1, -0.05) is 53.9 Å². The number of hydrogen-bond acceptors (Lipinski definition) is 2. The van der Waals surface area contributed by atoms with Crippen LogP contribution in [0.25, 0.3) is 0 Å². The third-order valence-electron chi connectivity index (χ3n) is 10.9. The molecule has 0 saturated heterocycles. The van der Waals surface area contributed by atoms with Crippen molar-refractivity contribution in [2.75, 3.05) is 0 Å². The van der Waals surface area contributed by atoms with Crippen LogP contribution in [0.2, 0.25) is 0 Å².